The van der Waals surface area contributed by atoms with E-state index in [1.807, 2.05) is 11.4 Å². The van der Waals surface area contributed by atoms with E-state index in [1.165, 1.54) is 4.88 Å². The fourth-order valence-electron chi connectivity index (χ4n) is 2.77. The molecule has 0 radical (unpaired) electrons. The molecular formula is C21H21NO3S2. The van der Waals surface area contributed by atoms with E-state index in [1.54, 1.807) is 65.9 Å². The summed E-state index contributed by atoms with van der Waals surface area (Å²) in [6, 6.07) is 19.5. The van der Waals surface area contributed by atoms with Crippen LogP contribution in [-0.2, 0) is 26.8 Å². The number of nitrogens with one attached hydrogen (secondary N) is 1. The second-order valence-corrected chi connectivity index (χ2v) is 9.28. The number of carbonyl (C=O) groups excluding carboxylic acids is 1. The standard InChI is InChI=1S/C21H21NO3S2/c23-21(13-5-9-19-10-6-14-26-19)22-18-8-4-7-17(15-18)16-27(24,25)20-11-2-1-3-12-20/h1-4,6-8,10-12,14-15H,5,9,13,16H2,(H,22,23). The lowest BCUT2D eigenvalue weighted by molar-refractivity contribution is -0.116. The molecular weight excluding hydrogens is 378 g/mol. The lowest BCUT2D eigenvalue weighted by Gasteiger charge is -2.08. The van der Waals surface area contributed by atoms with Crippen molar-refractivity contribution in [1.82, 2.24) is 0 Å². The molecule has 140 valence electrons. The number of carbonyl (C=O) groups is 1. The normalized spacial score (nSPS) is 11.3. The lowest BCUT2D eigenvalue weighted by atomic mass is 10.2. The third kappa shape index (κ3) is 5.77. The molecule has 3 aromatic rings. The summed E-state index contributed by atoms with van der Waals surface area (Å²) in [6.07, 6.45) is 2.11. The van der Waals surface area contributed by atoms with E-state index in [2.05, 4.69) is 11.4 Å². The number of amides is 1. The van der Waals surface area contributed by atoms with Gasteiger partial charge in [-0.15, -0.1) is 11.3 Å². The molecule has 0 aliphatic rings. The fraction of sp³-hybridized carbons (Fsp3) is 0.190. The van der Waals surface area contributed by atoms with Crippen LogP contribution in [0.5, 0.6) is 0 Å². The van der Waals surface area contributed by atoms with E-state index < -0.39 is 9.84 Å². The molecule has 0 atom stereocenters. The number of aryl methyl sites for hydroxylation is 1. The predicted molar refractivity (Wildman–Crippen MR) is 110 cm³/mol. The van der Waals surface area contributed by atoms with Gasteiger partial charge in [-0.25, -0.2) is 8.42 Å². The Morgan fingerprint density at radius 2 is 1.78 bits per heavy atom. The van der Waals surface area contributed by atoms with Crippen molar-refractivity contribution in [1.29, 1.82) is 0 Å². The number of hydrogen-bond acceptors (Lipinski definition) is 4. The minimum atomic E-state index is -3.41. The van der Waals surface area contributed by atoms with Gasteiger partial charge in [-0.05, 0) is 54.1 Å². The van der Waals surface area contributed by atoms with Crippen LogP contribution in [0.4, 0.5) is 5.69 Å². The third-order valence-electron chi connectivity index (χ3n) is 4.08. The maximum absolute atomic E-state index is 12.5. The Bertz CT molecular complexity index is 981. The summed E-state index contributed by atoms with van der Waals surface area (Å²) in [5.41, 5.74) is 1.27. The third-order valence-corrected chi connectivity index (χ3v) is 6.72. The van der Waals surface area contributed by atoms with E-state index in [-0.39, 0.29) is 11.7 Å². The van der Waals surface area contributed by atoms with Crippen molar-refractivity contribution < 1.29 is 13.2 Å². The van der Waals surface area contributed by atoms with E-state index in [4.69, 9.17) is 0 Å². The van der Waals surface area contributed by atoms with Crippen molar-refractivity contribution in [3.8, 4) is 0 Å². The molecule has 3 rings (SSSR count). The topological polar surface area (TPSA) is 63.2 Å². The molecule has 6 heteroatoms. The van der Waals surface area contributed by atoms with Gasteiger partial charge in [-0.2, -0.15) is 0 Å². The van der Waals surface area contributed by atoms with E-state index >= 15 is 0 Å². The second kappa shape index (κ2) is 8.97. The molecule has 27 heavy (non-hydrogen) atoms. The molecule has 0 fully saturated rings. The molecule has 0 aliphatic carbocycles. The van der Waals surface area contributed by atoms with Crippen LogP contribution in [0, 0.1) is 0 Å². The molecule has 1 N–H and O–H groups in total. The summed E-state index contributed by atoms with van der Waals surface area (Å²) in [4.78, 5) is 13.7. The number of sulfone groups is 1. The summed E-state index contributed by atoms with van der Waals surface area (Å²) in [7, 11) is -3.41. The molecule has 1 aromatic heterocycles. The second-order valence-electron chi connectivity index (χ2n) is 6.25. The summed E-state index contributed by atoms with van der Waals surface area (Å²) in [6.45, 7) is 0. The molecule has 0 aliphatic heterocycles. The molecule has 1 heterocycles. The minimum absolute atomic E-state index is 0.0605. The van der Waals surface area contributed by atoms with Crippen molar-refractivity contribution in [3.63, 3.8) is 0 Å². The van der Waals surface area contributed by atoms with Gasteiger partial charge in [0.2, 0.25) is 5.91 Å². The van der Waals surface area contributed by atoms with Crippen LogP contribution in [-0.4, -0.2) is 14.3 Å². The zero-order chi connectivity index (χ0) is 19.1. The Morgan fingerprint density at radius 3 is 2.52 bits per heavy atom. The maximum atomic E-state index is 12.5. The smallest absolute Gasteiger partial charge is 0.224 e. The Hall–Kier alpha value is -2.44. The Kier molecular flexibility index (Phi) is 6.42. The molecule has 0 bridgehead atoms. The predicted octanol–water partition coefficient (Wildman–Crippen LogP) is 4.68. The highest BCUT2D eigenvalue weighted by atomic mass is 32.2. The largest absolute Gasteiger partial charge is 0.326 e. The fourth-order valence-corrected chi connectivity index (χ4v) is 4.88. The van der Waals surface area contributed by atoms with E-state index in [0.29, 0.717) is 22.6 Å². The zero-order valence-corrected chi connectivity index (χ0v) is 16.4. The average molecular weight is 400 g/mol. The summed E-state index contributed by atoms with van der Waals surface area (Å²) >= 11 is 1.70. The number of anilines is 1. The number of benzene rings is 2. The molecule has 1 amide bonds. The van der Waals surface area contributed by atoms with Crippen LogP contribution in [0.3, 0.4) is 0 Å². The van der Waals surface area contributed by atoms with Gasteiger partial charge in [0, 0.05) is 17.0 Å². The minimum Gasteiger partial charge on any atom is -0.326 e. The van der Waals surface area contributed by atoms with Crippen molar-refractivity contribution in [2.24, 2.45) is 0 Å². The molecule has 0 saturated carbocycles. The monoisotopic (exact) mass is 399 g/mol. The van der Waals surface area contributed by atoms with Crippen molar-refractivity contribution in [2.75, 3.05) is 5.32 Å². The average Bonchev–Trinajstić information content (AvgIpc) is 3.16. The first-order chi connectivity index (χ1) is 13.0. The van der Waals surface area contributed by atoms with Gasteiger partial charge in [-0.1, -0.05) is 36.4 Å². The SMILES string of the molecule is O=C(CCCc1cccs1)Nc1cccc(CS(=O)(=O)c2ccccc2)c1. The van der Waals surface area contributed by atoms with Gasteiger partial charge in [0.25, 0.3) is 0 Å². The highest BCUT2D eigenvalue weighted by molar-refractivity contribution is 7.90. The van der Waals surface area contributed by atoms with Crippen LogP contribution in [0.1, 0.15) is 23.3 Å². The summed E-state index contributed by atoms with van der Waals surface area (Å²) in [5, 5.41) is 4.89. The molecule has 4 nitrogen and oxygen atoms in total. The first kappa shape index (κ1) is 19.3. The summed E-state index contributed by atoms with van der Waals surface area (Å²) in [5.74, 6) is -0.159. The van der Waals surface area contributed by atoms with Crippen LogP contribution in [0.15, 0.2) is 77.0 Å². The van der Waals surface area contributed by atoms with E-state index in [9.17, 15) is 13.2 Å². The van der Waals surface area contributed by atoms with E-state index in [0.717, 1.165) is 12.8 Å². The van der Waals surface area contributed by atoms with Crippen LogP contribution in [0.2, 0.25) is 0 Å². The van der Waals surface area contributed by atoms with Gasteiger partial charge in [0.15, 0.2) is 9.84 Å². The van der Waals surface area contributed by atoms with Gasteiger partial charge in [0.1, 0.15) is 0 Å². The van der Waals surface area contributed by atoms with Crippen LogP contribution >= 0.6 is 11.3 Å². The van der Waals surface area contributed by atoms with Crippen LogP contribution in [0.25, 0.3) is 0 Å². The first-order valence-electron chi connectivity index (χ1n) is 8.72. The van der Waals surface area contributed by atoms with Crippen molar-refractivity contribution >= 4 is 32.8 Å². The van der Waals surface area contributed by atoms with Gasteiger partial charge in [-0.3, -0.25) is 4.79 Å². The molecule has 0 spiro atoms. The number of thiophene rings is 1. The van der Waals surface area contributed by atoms with Gasteiger partial charge in [0.05, 0.1) is 10.6 Å². The zero-order valence-electron chi connectivity index (χ0n) is 14.8. The lowest BCUT2D eigenvalue weighted by Crippen LogP contribution is -2.12. The first-order valence-corrected chi connectivity index (χ1v) is 11.3. The molecule has 0 saturated heterocycles. The van der Waals surface area contributed by atoms with Gasteiger partial charge >= 0.3 is 0 Å². The van der Waals surface area contributed by atoms with Crippen LogP contribution < -0.4 is 5.32 Å². The Labute approximate surface area is 163 Å². The Balaban J connectivity index is 1.57. The molecule has 0 unspecified atom stereocenters. The number of rotatable bonds is 8. The highest BCUT2D eigenvalue weighted by Crippen LogP contribution is 2.19. The van der Waals surface area contributed by atoms with Gasteiger partial charge < -0.3 is 5.32 Å². The maximum Gasteiger partial charge on any atom is 0.224 e. The van der Waals surface area contributed by atoms with Crippen molar-refractivity contribution in [2.45, 2.75) is 29.9 Å². The quantitative estimate of drug-likeness (QED) is 0.598. The number of hydrogen-bond donors (Lipinski definition) is 1. The van der Waals surface area contributed by atoms with Crippen molar-refractivity contribution in [3.05, 3.63) is 82.6 Å². The summed E-state index contributed by atoms with van der Waals surface area (Å²) < 4.78 is 25.0. The highest BCUT2D eigenvalue weighted by Gasteiger charge is 2.15. The Morgan fingerprint density at radius 1 is 0.963 bits per heavy atom. The molecule has 2 aromatic carbocycles.